The Morgan fingerprint density at radius 2 is 1.79 bits per heavy atom. The van der Waals surface area contributed by atoms with Gasteiger partial charge in [-0.1, -0.05) is 48.5 Å². The summed E-state index contributed by atoms with van der Waals surface area (Å²) in [6.45, 7) is 0.290. The molecule has 0 unspecified atom stereocenters. The number of aromatic amines is 1. The first-order valence-corrected chi connectivity index (χ1v) is 8.74. The average Bonchev–Trinajstić information content (AvgIpc) is 2.72. The number of amides is 1. The van der Waals surface area contributed by atoms with E-state index in [2.05, 4.69) is 9.97 Å². The Labute approximate surface area is 160 Å². The van der Waals surface area contributed by atoms with E-state index in [4.69, 9.17) is 0 Å². The first-order valence-electron chi connectivity index (χ1n) is 8.74. The highest BCUT2D eigenvalue weighted by Crippen LogP contribution is 2.25. The first kappa shape index (κ1) is 17.5. The van der Waals surface area contributed by atoms with E-state index in [-0.39, 0.29) is 17.9 Å². The van der Waals surface area contributed by atoms with E-state index in [1.54, 1.807) is 6.20 Å². The minimum absolute atomic E-state index is 0.0173. The number of H-pyrrole nitrogens is 1. The van der Waals surface area contributed by atoms with Gasteiger partial charge in [-0.05, 0) is 17.7 Å². The number of nitrogens with zero attached hydrogens (tertiary/aromatic N) is 2. The zero-order valence-electron chi connectivity index (χ0n) is 14.9. The predicted molar refractivity (Wildman–Crippen MR) is 107 cm³/mol. The minimum atomic E-state index is -0.476. The lowest BCUT2D eigenvalue weighted by molar-refractivity contribution is 0.0982. The highest BCUT2D eigenvalue weighted by molar-refractivity contribution is 6.08. The summed E-state index contributed by atoms with van der Waals surface area (Å²) in [5.74, 6) is -0.796. The highest BCUT2D eigenvalue weighted by atomic mass is 16.3. The van der Waals surface area contributed by atoms with Crippen molar-refractivity contribution in [2.24, 2.45) is 0 Å². The molecule has 2 aromatic carbocycles. The minimum Gasteiger partial charge on any atom is -0.507 e. The van der Waals surface area contributed by atoms with Gasteiger partial charge >= 0.3 is 0 Å². The smallest absolute Gasteiger partial charge is 0.263 e. The Morgan fingerprint density at radius 1 is 1.04 bits per heavy atom. The van der Waals surface area contributed by atoms with E-state index < -0.39 is 11.5 Å². The van der Waals surface area contributed by atoms with Crippen LogP contribution in [0.4, 0.5) is 5.69 Å². The second kappa shape index (κ2) is 7.36. The largest absolute Gasteiger partial charge is 0.507 e. The molecule has 6 nitrogen and oxygen atoms in total. The lowest BCUT2D eigenvalue weighted by atomic mass is 10.1. The molecule has 0 fully saturated rings. The van der Waals surface area contributed by atoms with Crippen molar-refractivity contribution in [3.05, 3.63) is 101 Å². The number of hydrogen-bond donors (Lipinski definition) is 2. The van der Waals surface area contributed by atoms with Gasteiger partial charge in [0.1, 0.15) is 5.75 Å². The van der Waals surface area contributed by atoms with E-state index in [9.17, 15) is 14.7 Å². The van der Waals surface area contributed by atoms with Gasteiger partial charge in [-0.25, -0.2) is 0 Å². The lowest BCUT2D eigenvalue weighted by Crippen LogP contribution is -2.31. The van der Waals surface area contributed by atoms with Crippen LogP contribution in [0.1, 0.15) is 15.9 Å². The first-order chi connectivity index (χ1) is 13.6. The predicted octanol–water partition coefficient (Wildman–Crippen LogP) is 3.48. The summed E-state index contributed by atoms with van der Waals surface area (Å²) in [5, 5.41) is 11.0. The molecule has 0 bridgehead atoms. The zero-order valence-corrected chi connectivity index (χ0v) is 14.9. The second-order valence-corrected chi connectivity index (χ2v) is 6.36. The molecule has 0 spiro atoms. The quantitative estimate of drug-likeness (QED) is 0.575. The van der Waals surface area contributed by atoms with Gasteiger partial charge in [-0.2, -0.15) is 0 Å². The van der Waals surface area contributed by atoms with Crippen molar-refractivity contribution in [2.75, 3.05) is 4.90 Å². The molecule has 0 saturated carbocycles. The van der Waals surface area contributed by atoms with Crippen LogP contribution < -0.4 is 10.5 Å². The molecule has 0 aliphatic carbocycles. The molecule has 138 valence electrons. The number of carbonyl (C=O) groups excluding carboxylic acids is 1. The SMILES string of the molecule is O=C(c1c[nH]c(=O)cc1O)N(Cc1ccccc1)c1cnc2ccccc2c1. The van der Waals surface area contributed by atoms with Crippen LogP contribution in [0, 0.1) is 0 Å². The van der Waals surface area contributed by atoms with Gasteiger partial charge in [-0.3, -0.25) is 14.6 Å². The second-order valence-electron chi connectivity index (χ2n) is 6.36. The molecule has 0 aliphatic rings. The molecule has 4 aromatic rings. The van der Waals surface area contributed by atoms with Crippen LogP contribution in [-0.4, -0.2) is 21.0 Å². The standard InChI is InChI=1S/C22H17N3O3/c26-20-11-21(27)24-13-18(20)22(28)25(14-15-6-2-1-3-7-15)17-10-16-8-4-5-9-19(16)23-12-17/h1-13H,14H2,(H2,24,26,27). The topological polar surface area (TPSA) is 86.3 Å². The van der Waals surface area contributed by atoms with Crippen molar-refractivity contribution < 1.29 is 9.90 Å². The van der Waals surface area contributed by atoms with E-state index in [0.29, 0.717) is 5.69 Å². The molecule has 6 heteroatoms. The Kier molecular flexibility index (Phi) is 4.60. The number of hydrogen-bond acceptors (Lipinski definition) is 4. The normalized spacial score (nSPS) is 10.7. The van der Waals surface area contributed by atoms with Crippen molar-refractivity contribution in [3.8, 4) is 5.75 Å². The number of fused-ring (bicyclic) bond motifs is 1. The van der Waals surface area contributed by atoms with Gasteiger partial charge in [-0.15, -0.1) is 0 Å². The van der Waals surface area contributed by atoms with E-state index in [0.717, 1.165) is 22.5 Å². The van der Waals surface area contributed by atoms with Crippen molar-refractivity contribution in [1.82, 2.24) is 9.97 Å². The number of benzene rings is 2. The summed E-state index contributed by atoms with van der Waals surface area (Å²) in [7, 11) is 0. The maximum atomic E-state index is 13.2. The Balaban J connectivity index is 1.80. The number of pyridine rings is 2. The average molecular weight is 371 g/mol. The van der Waals surface area contributed by atoms with Gasteiger partial charge in [0.05, 0.1) is 29.5 Å². The number of aromatic hydroxyl groups is 1. The molecule has 0 saturated heterocycles. The van der Waals surface area contributed by atoms with Crippen LogP contribution in [0.25, 0.3) is 10.9 Å². The van der Waals surface area contributed by atoms with Crippen molar-refractivity contribution >= 4 is 22.5 Å². The Bertz CT molecular complexity index is 1200. The zero-order chi connectivity index (χ0) is 19.5. The third kappa shape index (κ3) is 3.48. The van der Waals surface area contributed by atoms with Gasteiger partial charge in [0.15, 0.2) is 0 Å². The van der Waals surface area contributed by atoms with Crippen LogP contribution in [-0.2, 0) is 6.54 Å². The number of rotatable bonds is 4. The van der Waals surface area contributed by atoms with Crippen LogP contribution in [0.3, 0.4) is 0 Å². The molecule has 28 heavy (non-hydrogen) atoms. The molecule has 0 aliphatic heterocycles. The molecule has 4 rings (SSSR count). The lowest BCUT2D eigenvalue weighted by Gasteiger charge is -2.23. The number of para-hydroxylation sites is 1. The molecule has 1 amide bonds. The Hall–Kier alpha value is -3.93. The molecular formula is C22H17N3O3. The third-order valence-corrected chi connectivity index (χ3v) is 4.45. The molecule has 2 aromatic heterocycles. The van der Waals surface area contributed by atoms with Gasteiger partial charge in [0, 0.05) is 17.6 Å². The highest BCUT2D eigenvalue weighted by Gasteiger charge is 2.22. The fraction of sp³-hybridized carbons (Fsp3) is 0.0455. The Morgan fingerprint density at radius 3 is 2.57 bits per heavy atom. The molecule has 2 heterocycles. The molecular weight excluding hydrogens is 354 g/mol. The van der Waals surface area contributed by atoms with Crippen LogP contribution in [0.15, 0.2) is 83.9 Å². The van der Waals surface area contributed by atoms with Crippen molar-refractivity contribution in [1.29, 1.82) is 0 Å². The summed E-state index contributed by atoms with van der Waals surface area (Å²) < 4.78 is 0. The van der Waals surface area contributed by atoms with Gasteiger partial charge in [0.2, 0.25) is 0 Å². The van der Waals surface area contributed by atoms with Crippen molar-refractivity contribution in [3.63, 3.8) is 0 Å². The van der Waals surface area contributed by atoms with Gasteiger partial charge < -0.3 is 15.0 Å². The van der Waals surface area contributed by atoms with Crippen LogP contribution in [0.5, 0.6) is 5.75 Å². The molecule has 0 atom stereocenters. The van der Waals surface area contributed by atoms with Gasteiger partial charge in [0.25, 0.3) is 11.5 Å². The summed E-state index contributed by atoms with van der Waals surface area (Å²) in [4.78, 5) is 33.0. The fourth-order valence-corrected chi connectivity index (χ4v) is 3.03. The number of anilines is 1. The molecule has 2 N–H and O–H groups in total. The molecule has 0 radical (unpaired) electrons. The monoisotopic (exact) mass is 371 g/mol. The van der Waals surface area contributed by atoms with E-state index in [1.807, 2.05) is 60.7 Å². The summed E-state index contributed by atoms with van der Waals surface area (Å²) in [6, 6.07) is 20.0. The summed E-state index contributed by atoms with van der Waals surface area (Å²) >= 11 is 0. The van der Waals surface area contributed by atoms with Crippen LogP contribution in [0.2, 0.25) is 0 Å². The third-order valence-electron chi connectivity index (χ3n) is 4.45. The number of carbonyl (C=O) groups is 1. The summed E-state index contributed by atoms with van der Waals surface area (Å²) in [6.07, 6.45) is 2.86. The maximum absolute atomic E-state index is 13.2. The van der Waals surface area contributed by atoms with Crippen molar-refractivity contribution in [2.45, 2.75) is 6.54 Å². The van der Waals surface area contributed by atoms with E-state index in [1.165, 1.54) is 11.1 Å². The maximum Gasteiger partial charge on any atom is 0.263 e. The summed E-state index contributed by atoms with van der Waals surface area (Å²) in [5.41, 5.74) is 1.89. The fourth-order valence-electron chi connectivity index (χ4n) is 3.03. The number of nitrogens with one attached hydrogen (secondary N) is 1. The van der Waals surface area contributed by atoms with Crippen LogP contribution >= 0.6 is 0 Å². The van der Waals surface area contributed by atoms with E-state index >= 15 is 0 Å². The number of aromatic nitrogens is 2.